The molecule has 5 rings (SSSR count). The van der Waals surface area contributed by atoms with E-state index in [1.54, 1.807) is 23.5 Å². The van der Waals surface area contributed by atoms with Crippen molar-refractivity contribution in [3.63, 3.8) is 0 Å². The molecule has 2 aliphatic rings. The van der Waals surface area contributed by atoms with E-state index < -0.39 is 0 Å². The van der Waals surface area contributed by atoms with Crippen LogP contribution in [0.1, 0.15) is 40.1 Å². The molecule has 36 heavy (non-hydrogen) atoms. The van der Waals surface area contributed by atoms with Crippen molar-refractivity contribution in [1.29, 1.82) is 0 Å². The van der Waals surface area contributed by atoms with Crippen LogP contribution in [0.15, 0.2) is 60.0 Å². The highest BCUT2D eigenvalue weighted by molar-refractivity contribution is 7.10. The molecule has 0 N–H and O–H groups in total. The maximum absolute atomic E-state index is 13.7. The molecule has 188 valence electrons. The Labute approximate surface area is 216 Å². The molecule has 1 saturated heterocycles. The van der Waals surface area contributed by atoms with Crippen LogP contribution in [-0.2, 0) is 22.4 Å². The summed E-state index contributed by atoms with van der Waals surface area (Å²) in [5, 5.41) is 2.16. The summed E-state index contributed by atoms with van der Waals surface area (Å²) < 4.78 is 13.2. The molecule has 0 spiro atoms. The zero-order chi connectivity index (χ0) is 25.2. The number of rotatable bonds is 5. The molecule has 7 heteroatoms. The van der Waals surface area contributed by atoms with Crippen molar-refractivity contribution in [3.05, 3.63) is 92.9 Å². The van der Waals surface area contributed by atoms with Crippen LogP contribution in [-0.4, -0.2) is 65.3 Å². The van der Waals surface area contributed by atoms with Crippen LogP contribution in [0.5, 0.6) is 0 Å². The van der Waals surface area contributed by atoms with Gasteiger partial charge in [-0.2, -0.15) is 0 Å². The van der Waals surface area contributed by atoms with Crippen LogP contribution in [0.2, 0.25) is 0 Å². The molecule has 3 aromatic rings. The first-order chi connectivity index (χ1) is 17.4. The Morgan fingerprint density at radius 1 is 0.944 bits per heavy atom. The second-order valence-corrected chi connectivity index (χ2v) is 10.7. The van der Waals surface area contributed by atoms with Crippen molar-refractivity contribution in [2.24, 2.45) is 0 Å². The summed E-state index contributed by atoms with van der Waals surface area (Å²) >= 11 is 1.81. The Balaban J connectivity index is 1.25. The predicted octanol–water partition coefficient (Wildman–Crippen LogP) is 4.45. The van der Waals surface area contributed by atoms with E-state index in [9.17, 15) is 14.0 Å². The van der Waals surface area contributed by atoms with Gasteiger partial charge < -0.3 is 9.80 Å². The summed E-state index contributed by atoms with van der Waals surface area (Å²) in [7, 11) is 0. The molecule has 2 unspecified atom stereocenters. The Bertz CT molecular complexity index is 1230. The number of halogens is 1. The van der Waals surface area contributed by atoms with Crippen LogP contribution in [0.4, 0.5) is 4.39 Å². The number of carbonyl (C=O) groups is 2. The lowest BCUT2D eigenvalue weighted by atomic mass is 9.89. The maximum Gasteiger partial charge on any atom is 0.239 e. The van der Waals surface area contributed by atoms with Crippen LogP contribution >= 0.6 is 11.3 Å². The third kappa shape index (κ3) is 4.95. The van der Waals surface area contributed by atoms with Gasteiger partial charge in [0.1, 0.15) is 5.82 Å². The molecule has 0 bridgehead atoms. The minimum absolute atomic E-state index is 0.0161. The summed E-state index contributed by atoms with van der Waals surface area (Å²) in [5.74, 6) is -0.165. The van der Waals surface area contributed by atoms with Gasteiger partial charge in [-0.3, -0.25) is 14.5 Å². The standard InChI is InChI=1S/C29H32FN3O2S/c1-20-5-3-4-6-24(20)28-25-12-18-36-26(25)11-13-33(28)21(2)29(35)32-16-14-31(15-17-32)27(34)19-22-7-9-23(30)10-8-22/h3-10,12,18,21,28H,11,13-17,19H2,1-2H3. The summed E-state index contributed by atoms with van der Waals surface area (Å²) in [4.78, 5) is 33.9. The fourth-order valence-corrected chi connectivity index (χ4v) is 6.37. The van der Waals surface area contributed by atoms with Gasteiger partial charge in [-0.15, -0.1) is 11.3 Å². The zero-order valence-electron chi connectivity index (χ0n) is 20.8. The third-order valence-electron chi connectivity index (χ3n) is 7.55. The molecule has 1 fully saturated rings. The van der Waals surface area contributed by atoms with Gasteiger partial charge in [0.05, 0.1) is 18.5 Å². The highest BCUT2D eigenvalue weighted by Gasteiger charge is 2.37. The number of piperazine rings is 1. The molecular weight excluding hydrogens is 473 g/mol. The van der Waals surface area contributed by atoms with Crippen molar-refractivity contribution in [3.8, 4) is 0 Å². The van der Waals surface area contributed by atoms with E-state index in [0.717, 1.165) is 18.5 Å². The van der Waals surface area contributed by atoms with Crippen molar-refractivity contribution >= 4 is 23.2 Å². The normalized spacial score (nSPS) is 19.1. The monoisotopic (exact) mass is 505 g/mol. The number of carbonyl (C=O) groups excluding carboxylic acids is 2. The van der Waals surface area contributed by atoms with Gasteiger partial charge in [0.15, 0.2) is 0 Å². The van der Waals surface area contributed by atoms with Crippen molar-refractivity contribution in [2.45, 2.75) is 38.8 Å². The lowest BCUT2D eigenvalue weighted by molar-refractivity contribution is -0.143. The zero-order valence-corrected chi connectivity index (χ0v) is 21.6. The van der Waals surface area contributed by atoms with Crippen LogP contribution in [0.25, 0.3) is 0 Å². The lowest BCUT2D eigenvalue weighted by Gasteiger charge is -2.43. The highest BCUT2D eigenvalue weighted by Crippen LogP contribution is 2.40. The average molecular weight is 506 g/mol. The SMILES string of the molecule is Cc1ccccc1C1c2ccsc2CCN1C(C)C(=O)N1CCN(C(=O)Cc2ccc(F)cc2)CC1. The third-order valence-corrected chi connectivity index (χ3v) is 8.55. The molecule has 5 nitrogen and oxygen atoms in total. The van der Waals surface area contributed by atoms with Gasteiger partial charge in [-0.05, 0) is 66.1 Å². The molecule has 2 atom stereocenters. The summed E-state index contributed by atoms with van der Waals surface area (Å²) in [6.07, 6.45) is 1.21. The first-order valence-electron chi connectivity index (χ1n) is 12.6. The first kappa shape index (κ1) is 24.7. The van der Waals surface area contributed by atoms with Crippen LogP contribution in [0.3, 0.4) is 0 Å². The summed E-state index contributed by atoms with van der Waals surface area (Å²) in [6, 6.07) is 16.5. The number of hydrogen-bond donors (Lipinski definition) is 0. The van der Waals surface area contributed by atoms with E-state index in [0.29, 0.717) is 26.2 Å². The summed E-state index contributed by atoms with van der Waals surface area (Å²) in [6.45, 7) is 7.12. The van der Waals surface area contributed by atoms with Gasteiger partial charge in [-0.25, -0.2) is 4.39 Å². The molecule has 0 radical (unpaired) electrons. The number of hydrogen-bond acceptors (Lipinski definition) is 4. The number of amides is 2. The minimum Gasteiger partial charge on any atom is -0.339 e. The second kappa shape index (κ2) is 10.5. The van der Waals surface area contributed by atoms with Gasteiger partial charge >= 0.3 is 0 Å². The Morgan fingerprint density at radius 2 is 1.64 bits per heavy atom. The fourth-order valence-electron chi connectivity index (χ4n) is 5.46. The Kier molecular flexibility index (Phi) is 7.21. The molecular formula is C29H32FN3O2S. The van der Waals surface area contributed by atoms with Gasteiger partial charge in [0, 0.05) is 37.6 Å². The van der Waals surface area contributed by atoms with E-state index in [1.807, 2.05) is 16.7 Å². The molecule has 2 aromatic carbocycles. The highest BCUT2D eigenvalue weighted by atomic mass is 32.1. The van der Waals surface area contributed by atoms with E-state index in [-0.39, 0.29) is 36.1 Å². The number of aryl methyl sites for hydroxylation is 1. The van der Waals surface area contributed by atoms with Crippen LogP contribution in [0, 0.1) is 12.7 Å². The van der Waals surface area contributed by atoms with Crippen molar-refractivity contribution in [1.82, 2.24) is 14.7 Å². The van der Waals surface area contributed by atoms with Gasteiger partial charge in [0.2, 0.25) is 11.8 Å². The molecule has 2 amide bonds. The smallest absolute Gasteiger partial charge is 0.239 e. The number of benzene rings is 2. The maximum atomic E-state index is 13.7. The second-order valence-electron chi connectivity index (χ2n) is 9.73. The van der Waals surface area contributed by atoms with Gasteiger partial charge in [0.25, 0.3) is 0 Å². The largest absolute Gasteiger partial charge is 0.339 e. The van der Waals surface area contributed by atoms with E-state index in [1.165, 1.54) is 33.7 Å². The molecule has 2 aliphatic heterocycles. The molecule has 0 saturated carbocycles. The van der Waals surface area contributed by atoms with E-state index >= 15 is 0 Å². The fraction of sp³-hybridized carbons (Fsp3) is 0.379. The van der Waals surface area contributed by atoms with Crippen LogP contribution < -0.4 is 0 Å². The lowest BCUT2D eigenvalue weighted by Crippen LogP contribution is -2.56. The quantitative estimate of drug-likeness (QED) is 0.515. The van der Waals surface area contributed by atoms with E-state index in [4.69, 9.17) is 0 Å². The number of thiophene rings is 1. The summed E-state index contributed by atoms with van der Waals surface area (Å²) in [5.41, 5.74) is 4.61. The molecule has 0 aliphatic carbocycles. The minimum atomic E-state index is -0.305. The number of nitrogens with zero attached hydrogens (tertiary/aromatic N) is 3. The van der Waals surface area contributed by atoms with Crippen molar-refractivity contribution < 1.29 is 14.0 Å². The Hall–Kier alpha value is -3.03. The van der Waals surface area contributed by atoms with Gasteiger partial charge in [-0.1, -0.05) is 36.4 Å². The Morgan fingerprint density at radius 3 is 2.36 bits per heavy atom. The molecule has 3 heterocycles. The topological polar surface area (TPSA) is 43.9 Å². The van der Waals surface area contributed by atoms with Crippen molar-refractivity contribution in [2.75, 3.05) is 32.7 Å². The number of fused-ring (bicyclic) bond motifs is 1. The van der Waals surface area contributed by atoms with E-state index in [2.05, 4.69) is 47.5 Å². The first-order valence-corrected chi connectivity index (χ1v) is 13.5. The molecule has 1 aromatic heterocycles. The predicted molar refractivity (Wildman–Crippen MR) is 140 cm³/mol. The average Bonchev–Trinajstić information content (AvgIpc) is 3.38.